The Kier molecular flexibility index (Phi) is 16.8. The van der Waals surface area contributed by atoms with Gasteiger partial charge < -0.3 is 5.11 Å². The topological polar surface area (TPSA) is 37.3 Å². The lowest BCUT2D eigenvalue weighted by atomic mass is 10.0. The minimum absolute atomic E-state index is 0.918. The first-order valence-corrected chi connectivity index (χ1v) is 9.08. The van der Waals surface area contributed by atoms with E-state index in [-0.39, 0.29) is 0 Å². The molecule has 22 heavy (non-hydrogen) atoms. The smallest absolute Gasteiger partial charge is 0.328 e. The monoisotopic (exact) mass is 306 g/mol. The summed E-state index contributed by atoms with van der Waals surface area (Å²) in [6, 6.07) is 0. The van der Waals surface area contributed by atoms with Crippen molar-refractivity contribution in [2.24, 2.45) is 0 Å². The average molecular weight is 306 g/mol. The van der Waals surface area contributed by atoms with E-state index in [4.69, 9.17) is 5.11 Å². The zero-order valence-electron chi connectivity index (χ0n) is 14.4. The molecule has 0 spiro atoms. The molecule has 0 radical (unpaired) electrons. The molecule has 126 valence electrons. The number of carboxylic acid groups (broad SMARTS) is 1. The van der Waals surface area contributed by atoms with Crippen LogP contribution in [0.25, 0.3) is 0 Å². The van der Waals surface area contributed by atoms with Crippen LogP contribution in [0.4, 0.5) is 0 Å². The highest BCUT2D eigenvalue weighted by atomic mass is 16.4. The maximum atomic E-state index is 10.2. The van der Waals surface area contributed by atoms with Crippen molar-refractivity contribution >= 4 is 5.97 Å². The van der Waals surface area contributed by atoms with Gasteiger partial charge in [-0.3, -0.25) is 0 Å². The van der Waals surface area contributed by atoms with E-state index in [9.17, 15) is 4.79 Å². The number of allylic oxidation sites excluding steroid dienone is 2. The molecule has 0 aromatic heterocycles. The number of aliphatic carboxylic acids is 1. The molecule has 0 amide bonds. The largest absolute Gasteiger partial charge is 0.478 e. The quantitative estimate of drug-likeness (QED) is 0.164. The van der Waals surface area contributed by atoms with Gasteiger partial charge >= 0.3 is 5.97 Å². The fourth-order valence-electron chi connectivity index (χ4n) is 2.42. The molecule has 0 aromatic rings. The van der Waals surface area contributed by atoms with Gasteiger partial charge in [0.25, 0.3) is 0 Å². The van der Waals surface area contributed by atoms with Crippen LogP contribution in [0.2, 0.25) is 0 Å². The fraction of sp³-hybridized carbons (Fsp3) is 0.700. The third-order valence-corrected chi connectivity index (χ3v) is 3.75. The van der Waals surface area contributed by atoms with Gasteiger partial charge in [-0.15, -0.1) is 5.73 Å². The van der Waals surface area contributed by atoms with Crippen LogP contribution in [0.5, 0.6) is 0 Å². The van der Waals surface area contributed by atoms with E-state index in [0.29, 0.717) is 0 Å². The van der Waals surface area contributed by atoms with Crippen LogP contribution in [0, 0.1) is 0 Å². The van der Waals surface area contributed by atoms with Crippen molar-refractivity contribution < 1.29 is 9.90 Å². The zero-order valence-corrected chi connectivity index (χ0v) is 14.4. The van der Waals surface area contributed by atoms with Crippen LogP contribution >= 0.6 is 0 Å². The van der Waals surface area contributed by atoms with Gasteiger partial charge in [0.05, 0.1) is 0 Å². The summed E-state index contributed by atoms with van der Waals surface area (Å²) in [5, 5.41) is 8.39. The van der Waals surface area contributed by atoms with Crippen LogP contribution in [0.3, 0.4) is 0 Å². The van der Waals surface area contributed by atoms with Gasteiger partial charge in [0.15, 0.2) is 0 Å². The van der Waals surface area contributed by atoms with E-state index in [2.05, 4.69) is 12.7 Å². The van der Waals surface area contributed by atoms with Crippen molar-refractivity contribution in [3.8, 4) is 0 Å². The molecule has 0 aliphatic heterocycles. The van der Waals surface area contributed by atoms with Crippen LogP contribution in [-0.2, 0) is 4.79 Å². The van der Waals surface area contributed by atoms with Crippen molar-refractivity contribution in [3.63, 3.8) is 0 Å². The summed E-state index contributed by atoms with van der Waals surface area (Å²) >= 11 is 0. The molecule has 0 fully saturated rings. The van der Waals surface area contributed by atoms with Crippen molar-refractivity contribution in [2.45, 2.75) is 90.4 Å². The summed E-state index contributed by atoms with van der Waals surface area (Å²) in [6.45, 7) is 2.27. The maximum Gasteiger partial charge on any atom is 0.328 e. The Labute approximate surface area is 137 Å². The fourth-order valence-corrected chi connectivity index (χ4v) is 2.42. The second-order valence-corrected chi connectivity index (χ2v) is 5.91. The van der Waals surface area contributed by atoms with Crippen molar-refractivity contribution in [2.75, 3.05) is 0 Å². The van der Waals surface area contributed by atoms with Crippen molar-refractivity contribution in [1.82, 2.24) is 0 Å². The van der Waals surface area contributed by atoms with Crippen LogP contribution < -0.4 is 0 Å². The molecule has 0 saturated carbocycles. The lowest BCUT2D eigenvalue weighted by Crippen LogP contribution is -1.83. The van der Waals surface area contributed by atoms with E-state index < -0.39 is 5.97 Å². The van der Waals surface area contributed by atoms with Gasteiger partial charge in [0.2, 0.25) is 0 Å². The highest BCUT2D eigenvalue weighted by molar-refractivity contribution is 5.80. The Morgan fingerprint density at radius 2 is 1.36 bits per heavy atom. The zero-order chi connectivity index (χ0) is 16.3. The Balaban J connectivity index is 3.20. The molecule has 0 atom stereocenters. The molecule has 1 N–H and O–H groups in total. The molecule has 0 aliphatic carbocycles. The highest BCUT2D eigenvalue weighted by Gasteiger charge is 1.92. The van der Waals surface area contributed by atoms with E-state index in [0.717, 1.165) is 12.5 Å². The molecule has 0 unspecified atom stereocenters. The van der Waals surface area contributed by atoms with Gasteiger partial charge in [-0.2, -0.15) is 0 Å². The van der Waals surface area contributed by atoms with Gasteiger partial charge in [0, 0.05) is 6.08 Å². The van der Waals surface area contributed by atoms with Crippen LogP contribution in [0.15, 0.2) is 30.0 Å². The van der Waals surface area contributed by atoms with E-state index >= 15 is 0 Å². The molecule has 0 heterocycles. The molecule has 2 heteroatoms. The molecule has 2 nitrogen and oxygen atoms in total. The van der Waals surface area contributed by atoms with E-state index in [1.54, 1.807) is 6.08 Å². The number of hydrogen-bond donors (Lipinski definition) is 1. The van der Waals surface area contributed by atoms with Gasteiger partial charge in [-0.25, -0.2) is 4.79 Å². The standard InChI is InChI=1S/C20H34O2/c1-2-3-4-5-6-7-8-9-10-11-12-13-14-15-16-17-18-19-20(21)22/h15,17-19H,2-14H2,1H3,(H,21,22). The Hall–Kier alpha value is -1.27. The second kappa shape index (κ2) is 17.8. The van der Waals surface area contributed by atoms with E-state index in [1.807, 2.05) is 6.08 Å². The summed E-state index contributed by atoms with van der Waals surface area (Å²) in [5.41, 5.74) is 2.98. The van der Waals surface area contributed by atoms with Crippen molar-refractivity contribution in [3.05, 3.63) is 30.0 Å². The number of carbonyl (C=O) groups is 1. The first-order chi connectivity index (χ1) is 10.8. The van der Waals surface area contributed by atoms with E-state index in [1.165, 1.54) is 83.1 Å². The molecule has 0 saturated heterocycles. The minimum Gasteiger partial charge on any atom is -0.478 e. The predicted molar refractivity (Wildman–Crippen MR) is 95.1 cm³/mol. The number of carboxylic acids is 1. The average Bonchev–Trinajstić information content (AvgIpc) is 2.50. The first kappa shape index (κ1) is 20.7. The molecule has 0 aromatic carbocycles. The number of hydrogen-bond acceptors (Lipinski definition) is 1. The predicted octanol–water partition coefficient (Wildman–Crippen LogP) is 6.43. The van der Waals surface area contributed by atoms with Gasteiger partial charge in [-0.1, -0.05) is 77.6 Å². The third-order valence-electron chi connectivity index (χ3n) is 3.75. The first-order valence-electron chi connectivity index (χ1n) is 9.08. The highest BCUT2D eigenvalue weighted by Crippen LogP contribution is 2.12. The molecular formula is C20H34O2. The summed E-state index contributed by atoms with van der Waals surface area (Å²) in [4.78, 5) is 10.2. The molecule has 0 rings (SSSR count). The SMILES string of the molecule is CCCCCCCCCCCCCCC=C=CC=CC(=O)O. The summed E-state index contributed by atoms with van der Waals surface area (Å²) < 4.78 is 0. The lowest BCUT2D eigenvalue weighted by molar-refractivity contribution is -0.131. The Morgan fingerprint density at radius 1 is 0.864 bits per heavy atom. The van der Waals surface area contributed by atoms with Crippen LogP contribution in [-0.4, -0.2) is 11.1 Å². The maximum absolute atomic E-state index is 10.2. The minimum atomic E-state index is -0.918. The molecule has 0 bridgehead atoms. The van der Waals surface area contributed by atoms with Gasteiger partial charge in [-0.05, 0) is 31.1 Å². The molecule has 0 aliphatic rings. The number of rotatable bonds is 15. The summed E-state index contributed by atoms with van der Waals surface area (Å²) in [6.07, 6.45) is 23.7. The second-order valence-electron chi connectivity index (χ2n) is 5.91. The van der Waals surface area contributed by atoms with Crippen molar-refractivity contribution in [1.29, 1.82) is 0 Å². The summed E-state index contributed by atoms with van der Waals surface area (Å²) in [7, 11) is 0. The Bertz CT molecular complexity index is 336. The number of unbranched alkanes of at least 4 members (excludes halogenated alkanes) is 12. The van der Waals surface area contributed by atoms with Crippen LogP contribution in [0.1, 0.15) is 90.4 Å². The third kappa shape index (κ3) is 18.7. The lowest BCUT2D eigenvalue weighted by Gasteiger charge is -2.02. The molecular weight excluding hydrogens is 272 g/mol. The normalized spacial score (nSPS) is 10.6. The van der Waals surface area contributed by atoms with Gasteiger partial charge in [0.1, 0.15) is 0 Å². The summed E-state index contributed by atoms with van der Waals surface area (Å²) in [5.74, 6) is -0.918. The Morgan fingerprint density at radius 3 is 1.86 bits per heavy atom.